The molecule has 1 amide bonds. The quantitative estimate of drug-likeness (QED) is 0.444. The van der Waals surface area contributed by atoms with Crippen LogP contribution < -0.4 is 0 Å². The van der Waals surface area contributed by atoms with Crippen molar-refractivity contribution in [3.63, 3.8) is 0 Å². The summed E-state index contributed by atoms with van der Waals surface area (Å²) in [6, 6.07) is 11.7. The van der Waals surface area contributed by atoms with Gasteiger partial charge < -0.3 is 14.1 Å². The summed E-state index contributed by atoms with van der Waals surface area (Å²) < 4.78 is 14.3. The molecule has 0 spiro atoms. The highest BCUT2D eigenvalue weighted by Crippen LogP contribution is 2.25. The highest BCUT2D eigenvalue weighted by Gasteiger charge is 2.20. The lowest BCUT2D eigenvalue weighted by molar-refractivity contribution is -0.127. The van der Waals surface area contributed by atoms with E-state index in [1.165, 1.54) is 11.8 Å². The molecule has 30 heavy (non-hydrogen) atoms. The molecule has 0 bridgehead atoms. The van der Waals surface area contributed by atoms with Crippen LogP contribution in [0, 0.1) is 0 Å². The van der Waals surface area contributed by atoms with E-state index >= 15 is 0 Å². The Hall–Kier alpha value is -2.17. The van der Waals surface area contributed by atoms with E-state index in [1.807, 2.05) is 36.4 Å². The number of nitrogens with zero attached hydrogens (tertiary/aromatic N) is 5. The van der Waals surface area contributed by atoms with Crippen LogP contribution in [0.15, 0.2) is 50.4 Å². The van der Waals surface area contributed by atoms with Gasteiger partial charge in [0.05, 0.1) is 24.9 Å². The summed E-state index contributed by atoms with van der Waals surface area (Å²) in [5.74, 6) is 1.74. The Morgan fingerprint density at radius 2 is 2.13 bits per heavy atom. The monoisotopic (exact) mass is 491 g/mol. The second-order valence-corrected chi connectivity index (χ2v) is 8.95. The first-order valence-electron chi connectivity index (χ1n) is 9.67. The summed E-state index contributed by atoms with van der Waals surface area (Å²) in [4.78, 5) is 14.2. The van der Waals surface area contributed by atoms with Crippen molar-refractivity contribution in [2.45, 2.75) is 37.2 Å². The molecular weight excluding hydrogens is 470 g/mol. The first kappa shape index (κ1) is 21.1. The third-order valence-electron chi connectivity index (χ3n) is 4.83. The molecule has 4 rings (SSSR count). The van der Waals surface area contributed by atoms with Crippen LogP contribution in [0.5, 0.6) is 0 Å². The number of benzene rings is 1. The van der Waals surface area contributed by atoms with Crippen LogP contribution >= 0.6 is 27.7 Å². The second kappa shape index (κ2) is 9.76. The van der Waals surface area contributed by atoms with Gasteiger partial charge in [0.25, 0.3) is 0 Å². The number of hydrogen-bond donors (Lipinski definition) is 0. The van der Waals surface area contributed by atoms with Gasteiger partial charge in [-0.1, -0.05) is 39.8 Å². The molecule has 1 aromatic carbocycles. The number of ether oxygens (including phenoxy) is 1. The number of carbonyl (C=O) groups is 1. The summed E-state index contributed by atoms with van der Waals surface area (Å²) in [6.07, 6.45) is 2.22. The van der Waals surface area contributed by atoms with Crippen molar-refractivity contribution in [2.75, 3.05) is 19.4 Å². The van der Waals surface area contributed by atoms with Crippen LogP contribution in [0.1, 0.15) is 18.6 Å². The average molecular weight is 492 g/mol. The van der Waals surface area contributed by atoms with Gasteiger partial charge in [0.2, 0.25) is 11.1 Å². The predicted molar refractivity (Wildman–Crippen MR) is 116 cm³/mol. The van der Waals surface area contributed by atoms with Gasteiger partial charge >= 0.3 is 0 Å². The van der Waals surface area contributed by atoms with Crippen molar-refractivity contribution >= 4 is 33.6 Å². The number of hydrogen-bond acceptors (Lipinski definition) is 7. The molecule has 3 heterocycles. The van der Waals surface area contributed by atoms with E-state index in [0.717, 1.165) is 41.0 Å². The Balaban J connectivity index is 1.29. The number of amides is 1. The Labute approximate surface area is 187 Å². The molecule has 1 aliphatic rings. The Kier molecular flexibility index (Phi) is 6.86. The molecule has 0 unspecified atom stereocenters. The lowest BCUT2D eigenvalue weighted by atomic mass is 10.2. The molecule has 0 saturated carbocycles. The van der Waals surface area contributed by atoms with Gasteiger partial charge in [0.15, 0.2) is 0 Å². The zero-order valence-electron chi connectivity index (χ0n) is 16.5. The summed E-state index contributed by atoms with van der Waals surface area (Å²) in [5, 5.41) is 12.4. The van der Waals surface area contributed by atoms with Crippen molar-refractivity contribution < 1.29 is 13.9 Å². The smallest absolute Gasteiger partial charge is 0.233 e. The summed E-state index contributed by atoms with van der Waals surface area (Å²) in [5.41, 5.74) is 0.993. The Morgan fingerprint density at radius 1 is 1.30 bits per heavy atom. The highest BCUT2D eigenvalue weighted by atomic mass is 79.9. The first-order chi connectivity index (χ1) is 14.6. The van der Waals surface area contributed by atoms with E-state index < -0.39 is 0 Å². The second-order valence-electron chi connectivity index (χ2n) is 7.09. The third kappa shape index (κ3) is 5.30. The summed E-state index contributed by atoms with van der Waals surface area (Å²) >= 11 is 4.76. The van der Waals surface area contributed by atoms with E-state index in [0.29, 0.717) is 18.2 Å². The topological polar surface area (TPSA) is 86.3 Å². The number of aromatic nitrogens is 4. The minimum atomic E-state index is -0.0201. The fourth-order valence-corrected chi connectivity index (χ4v) is 4.28. The molecule has 2 aromatic heterocycles. The zero-order chi connectivity index (χ0) is 20.9. The van der Waals surface area contributed by atoms with Gasteiger partial charge in [-0.3, -0.25) is 4.79 Å². The number of furan rings is 1. The van der Waals surface area contributed by atoms with Crippen LogP contribution in [-0.2, 0) is 22.6 Å². The number of rotatable bonds is 8. The maximum Gasteiger partial charge on any atom is 0.233 e. The van der Waals surface area contributed by atoms with Crippen molar-refractivity contribution in [1.82, 2.24) is 25.1 Å². The lowest BCUT2D eigenvalue weighted by Gasteiger charge is -2.15. The fourth-order valence-electron chi connectivity index (χ4n) is 3.19. The number of carbonyl (C=O) groups excluding carboxylic acids is 1. The van der Waals surface area contributed by atoms with Crippen molar-refractivity contribution in [2.24, 2.45) is 0 Å². The van der Waals surface area contributed by atoms with Gasteiger partial charge in [-0.05, 0) is 47.5 Å². The summed E-state index contributed by atoms with van der Waals surface area (Å²) in [7, 11) is 1.76. The van der Waals surface area contributed by atoms with E-state index in [1.54, 1.807) is 16.6 Å². The molecule has 1 atom stereocenters. The third-order valence-corrected chi connectivity index (χ3v) is 6.30. The number of tetrazole rings is 1. The van der Waals surface area contributed by atoms with E-state index in [4.69, 9.17) is 9.15 Å². The zero-order valence-corrected chi connectivity index (χ0v) is 18.9. The Bertz CT molecular complexity index is 985. The molecule has 0 aliphatic carbocycles. The van der Waals surface area contributed by atoms with Crippen molar-refractivity contribution in [3.8, 4) is 11.3 Å². The molecule has 0 radical (unpaired) electrons. The fraction of sp³-hybridized carbons (Fsp3) is 0.400. The molecule has 8 nitrogen and oxygen atoms in total. The predicted octanol–water partition coefficient (Wildman–Crippen LogP) is 3.63. The largest absolute Gasteiger partial charge is 0.459 e. The van der Waals surface area contributed by atoms with E-state index in [2.05, 4.69) is 31.5 Å². The lowest BCUT2D eigenvalue weighted by Crippen LogP contribution is -2.27. The number of halogens is 1. The van der Waals surface area contributed by atoms with Crippen LogP contribution in [-0.4, -0.2) is 56.5 Å². The van der Waals surface area contributed by atoms with E-state index in [-0.39, 0.29) is 17.8 Å². The minimum absolute atomic E-state index is 0.0201. The van der Waals surface area contributed by atoms with Gasteiger partial charge in [0.1, 0.15) is 11.5 Å². The maximum atomic E-state index is 12.6. The summed E-state index contributed by atoms with van der Waals surface area (Å²) in [6.45, 7) is 1.80. The van der Waals surface area contributed by atoms with Gasteiger partial charge in [0, 0.05) is 23.7 Å². The average Bonchev–Trinajstić information content (AvgIpc) is 3.50. The molecule has 3 aromatic rings. The molecular formula is C20H22BrN5O3S. The SMILES string of the molecule is CN(Cc1ccc(-c2ccc(Br)cc2)o1)C(=O)CSc1nnnn1C[C@H]1CCCO1. The first-order valence-corrected chi connectivity index (χ1v) is 11.5. The van der Waals surface area contributed by atoms with Crippen LogP contribution in [0.2, 0.25) is 0 Å². The van der Waals surface area contributed by atoms with E-state index in [9.17, 15) is 4.79 Å². The maximum absolute atomic E-state index is 12.6. The minimum Gasteiger partial charge on any atom is -0.459 e. The molecule has 10 heteroatoms. The highest BCUT2D eigenvalue weighted by molar-refractivity contribution is 9.10. The van der Waals surface area contributed by atoms with Crippen LogP contribution in [0.3, 0.4) is 0 Å². The standard InChI is InChI=1S/C20H22BrN5O3S/c1-25(11-17-8-9-18(29-17)14-4-6-15(21)7-5-14)19(27)13-30-20-22-23-24-26(20)12-16-3-2-10-28-16/h4-9,16H,2-3,10-13H2,1H3/t16-/m1/s1. The molecule has 1 fully saturated rings. The van der Waals surface area contributed by atoms with Gasteiger partial charge in [-0.15, -0.1) is 5.10 Å². The normalized spacial score (nSPS) is 16.1. The van der Waals surface area contributed by atoms with Gasteiger partial charge in [-0.2, -0.15) is 0 Å². The van der Waals surface area contributed by atoms with Crippen molar-refractivity contribution in [1.29, 1.82) is 0 Å². The van der Waals surface area contributed by atoms with Crippen LogP contribution in [0.4, 0.5) is 0 Å². The van der Waals surface area contributed by atoms with Gasteiger partial charge in [-0.25, -0.2) is 4.68 Å². The molecule has 158 valence electrons. The molecule has 0 N–H and O–H groups in total. The van der Waals surface area contributed by atoms with Crippen molar-refractivity contribution in [3.05, 3.63) is 46.6 Å². The molecule has 1 saturated heterocycles. The van der Waals surface area contributed by atoms with Crippen LogP contribution in [0.25, 0.3) is 11.3 Å². The molecule has 1 aliphatic heterocycles. The Morgan fingerprint density at radius 3 is 2.90 bits per heavy atom. The number of thioether (sulfide) groups is 1.